The number of allylic oxidation sites excluding steroid dienone is 2. The van der Waals surface area contributed by atoms with Gasteiger partial charge in [-0.15, -0.1) is 22.7 Å². The second kappa shape index (κ2) is 8.39. The van der Waals surface area contributed by atoms with E-state index in [2.05, 4.69) is 105 Å². The molecule has 2 heterocycles. The maximum absolute atomic E-state index is 3.84. The molecule has 0 aliphatic rings. The highest BCUT2D eigenvalue weighted by molar-refractivity contribution is 7.26. The first-order valence-corrected chi connectivity index (χ1v) is 13.1. The van der Waals surface area contributed by atoms with Gasteiger partial charge in [0.15, 0.2) is 0 Å². The zero-order valence-electron chi connectivity index (χ0n) is 19.3. The zero-order valence-corrected chi connectivity index (χ0v) is 20.9. The van der Waals surface area contributed by atoms with Crippen LogP contribution in [0.5, 0.6) is 0 Å². The molecule has 6 aromatic rings. The van der Waals surface area contributed by atoms with Crippen LogP contribution < -0.4 is 0 Å². The predicted octanol–water partition coefficient (Wildman–Crippen LogP) is 10.4. The number of benzene rings is 4. The molecule has 0 saturated heterocycles. The van der Waals surface area contributed by atoms with Crippen molar-refractivity contribution in [2.45, 2.75) is 13.8 Å². The molecule has 0 amide bonds. The fourth-order valence-electron chi connectivity index (χ4n) is 4.92. The molecule has 0 radical (unpaired) electrons. The van der Waals surface area contributed by atoms with Gasteiger partial charge in [-0.1, -0.05) is 91.5 Å². The van der Waals surface area contributed by atoms with Gasteiger partial charge in [-0.05, 0) is 59.4 Å². The first-order chi connectivity index (χ1) is 16.6. The summed E-state index contributed by atoms with van der Waals surface area (Å²) >= 11 is 3.77. The fourth-order valence-corrected chi connectivity index (χ4v) is 7.34. The van der Waals surface area contributed by atoms with Crippen LogP contribution in [0.4, 0.5) is 0 Å². The van der Waals surface area contributed by atoms with Crippen molar-refractivity contribution in [3.63, 3.8) is 0 Å². The van der Waals surface area contributed by atoms with E-state index in [4.69, 9.17) is 0 Å². The van der Waals surface area contributed by atoms with Crippen LogP contribution in [0.15, 0.2) is 97.6 Å². The van der Waals surface area contributed by atoms with Gasteiger partial charge in [-0.2, -0.15) is 0 Å². The Kier molecular flexibility index (Phi) is 5.21. The smallest absolute Gasteiger partial charge is 0.0433 e. The van der Waals surface area contributed by atoms with Crippen LogP contribution in [0.3, 0.4) is 0 Å². The van der Waals surface area contributed by atoms with E-state index in [1.165, 1.54) is 68.5 Å². The Labute approximate surface area is 208 Å². The Morgan fingerprint density at radius 3 is 2.06 bits per heavy atom. The molecular weight excluding hydrogens is 448 g/mol. The van der Waals surface area contributed by atoms with Crippen LogP contribution in [0.2, 0.25) is 0 Å². The summed E-state index contributed by atoms with van der Waals surface area (Å²) in [4.78, 5) is 1.34. The van der Waals surface area contributed by atoms with Gasteiger partial charge in [0.1, 0.15) is 0 Å². The van der Waals surface area contributed by atoms with Gasteiger partial charge in [0, 0.05) is 35.1 Å². The predicted molar refractivity (Wildman–Crippen MR) is 154 cm³/mol. The standard InChI is InChI=1S/C32H24S2/c1-4-5-10-24-21(3)33-31-25(12-8-14-28(24)31)22-17-20(2)18-23(19-22)26-13-9-15-29-27-11-6-7-16-30(27)34-32(26)29/h4-19H,1H2,2-3H3/b10-5-. The van der Waals surface area contributed by atoms with Crippen molar-refractivity contribution in [3.05, 3.63) is 114 Å². The van der Waals surface area contributed by atoms with E-state index in [1.54, 1.807) is 0 Å². The highest BCUT2D eigenvalue weighted by atomic mass is 32.1. The second-order valence-electron chi connectivity index (χ2n) is 8.72. The van der Waals surface area contributed by atoms with Crippen LogP contribution in [-0.4, -0.2) is 0 Å². The van der Waals surface area contributed by atoms with Gasteiger partial charge in [0.2, 0.25) is 0 Å². The molecule has 0 saturated carbocycles. The molecular formula is C32H24S2. The quantitative estimate of drug-likeness (QED) is 0.224. The summed E-state index contributed by atoms with van der Waals surface area (Å²) in [5, 5.41) is 4.00. The summed E-state index contributed by atoms with van der Waals surface area (Å²) in [6.45, 7) is 8.25. The maximum atomic E-state index is 3.84. The minimum atomic E-state index is 1.28. The van der Waals surface area contributed by atoms with Crippen LogP contribution >= 0.6 is 22.7 Å². The number of fused-ring (bicyclic) bond motifs is 4. The lowest BCUT2D eigenvalue weighted by Crippen LogP contribution is -1.85. The van der Waals surface area contributed by atoms with Crippen LogP contribution in [0.25, 0.3) is 58.6 Å². The van der Waals surface area contributed by atoms with Crippen molar-refractivity contribution in [1.82, 2.24) is 0 Å². The lowest BCUT2D eigenvalue weighted by atomic mass is 9.95. The molecule has 0 nitrogen and oxygen atoms in total. The molecule has 0 unspecified atom stereocenters. The molecule has 0 aliphatic carbocycles. The fraction of sp³-hybridized carbons (Fsp3) is 0.0625. The molecule has 0 aliphatic heterocycles. The van der Waals surface area contributed by atoms with Crippen molar-refractivity contribution in [3.8, 4) is 22.3 Å². The number of rotatable bonds is 4. The van der Waals surface area contributed by atoms with E-state index in [9.17, 15) is 0 Å². The van der Waals surface area contributed by atoms with Crippen molar-refractivity contribution in [2.24, 2.45) is 0 Å². The van der Waals surface area contributed by atoms with Gasteiger partial charge in [-0.25, -0.2) is 0 Å². The van der Waals surface area contributed by atoms with Gasteiger partial charge in [0.05, 0.1) is 0 Å². The van der Waals surface area contributed by atoms with Crippen LogP contribution in [0.1, 0.15) is 16.0 Å². The van der Waals surface area contributed by atoms with E-state index >= 15 is 0 Å². The van der Waals surface area contributed by atoms with Crippen LogP contribution in [-0.2, 0) is 0 Å². The summed E-state index contributed by atoms with van der Waals surface area (Å²) in [6, 6.07) is 29.1. The first kappa shape index (κ1) is 21.1. The van der Waals surface area contributed by atoms with Crippen molar-refractivity contribution < 1.29 is 0 Å². The molecule has 0 atom stereocenters. The van der Waals surface area contributed by atoms with E-state index in [-0.39, 0.29) is 0 Å². The molecule has 164 valence electrons. The summed E-state index contributed by atoms with van der Waals surface area (Å²) in [6.07, 6.45) is 6.04. The monoisotopic (exact) mass is 472 g/mol. The summed E-state index contributed by atoms with van der Waals surface area (Å²) < 4.78 is 4.05. The number of thiophene rings is 2. The Morgan fingerprint density at radius 1 is 0.676 bits per heavy atom. The van der Waals surface area contributed by atoms with Gasteiger partial charge in [-0.3, -0.25) is 0 Å². The third-order valence-electron chi connectivity index (χ3n) is 6.44. The Hall–Kier alpha value is -3.46. The minimum absolute atomic E-state index is 1.28. The topological polar surface area (TPSA) is 0 Å². The number of hydrogen-bond donors (Lipinski definition) is 0. The van der Waals surface area contributed by atoms with Crippen molar-refractivity contribution in [2.75, 3.05) is 0 Å². The van der Waals surface area contributed by atoms with Gasteiger partial charge >= 0.3 is 0 Å². The van der Waals surface area contributed by atoms with Gasteiger partial charge < -0.3 is 0 Å². The molecule has 0 bridgehead atoms. The average molecular weight is 473 g/mol. The second-order valence-corrected chi connectivity index (χ2v) is 11.0. The molecule has 0 N–H and O–H groups in total. The Balaban J connectivity index is 1.57. The normalized spacial score (nSPS) is 11.8. The van der Waals surface area contributed by atoms with Gasteiger partial charge in [0.25, 0.3) is 0 Å². The maximum Gasteiger partial charge on any atom is 0.0433 e. The average Bonchev–Trinajstić information content (AvgIpc) is 3.39. The first-order valence-electron chi connectivity index (χ1n) is 11.5. The third-order valence-corrected chi connectivity index (χ3v) is 8.83. The summed E-state index contributed by atoms with van der Waals surface area (Å²) in [7, 11) is 0. The Morgan fingerprint density at radius 2 is 1.32 bits per heavy atom. The lowest BCUT2D eigenvalue weighted by molar-refractivity contribution is 1.47. The Bertz CT molecular complexity index is 1740. The zero-order chi connectivity index (χ0) is 23.2. The molecule has 2 aromatic heterocycles. The highest BCUT2D eigenvalue weighted by Crippen LogP contribution is 2.43. The number of hydrogen-bond acceptors (Lipinski definition) is 2. The summed E-state index contributed by atoms with van der Waals surface area (Å²) in [5.74, 6) is 0. The molecule has 2 heteroatoms. The van der Waals surface area contributed by atoms with E-state index in [0.717, 1.165) is 0 Å². The van der Waals surface area contributed by atoms with Crippen LogP contribution in [0, 0.1) is 13.8 Å². The van der Waals surface area contributed by atoms with E-state index in [0.29, 0.717) is 0 Å². The number of aryl methyl sites for hydroxylation is 2. The SMILES string of the molecule is C=C/C=C\c1c(C)sc2c(-c3cc(C)cc(-c4cccc5c4sc4ccccc45)c3)cccc12. The molecule has 0 spiro atoms. The largest absolute Gasteiger partial charge is 0.139 e. The molecule has 34 heavy (non-hydrogen) atoms. The lowest BCUT2D eigenvalue weighted by Gasteiger charge is -2.10. The molecule has 4 aromatic carbocycles. The molecule has 6 rings (SSSR count). The minimum Gasteiger partial charge on any atom is -0.139 e. The highest BCUT2D eigenvalue weighted by Gasteiger charge is 2.14. The summed E-state index contributed by atoms with van der Waals surface area (Å²) in [5.41, 5.74) is 7.75. The van der Waals surface area contributed by atoms with E-state index < -0.39 is 0 Å². The van der Waals surface area contributed by atoms with Crippen molar-refractivity contribution in [1.29, 1.82) is 0 Å². The van der Waals surface area contributed by atoms with Crippen molar-refractivity contribution >= 4 is 59.0 Å². The van der Waals surface area contributed by atoms with E-state index in [1.807, 2.05) is 34.8 Å². The third kappa shape index (κ3) is 3.42. The molecule has 0 fully saturated rings.